The molecule has 2 N–H and O–H groups in total. The summed E-state index contributed by atoms with van der Waals surface area (Å²) < 4.78 is 0. The fraction of sp³-hybridized carbons (Fsp3) is 0.545. The molecule has 0 saturated heterocycles. The van der Waals surface area contributed by atoms with Crippen molar-refractivity contribution in [3.63, 3.8) is 0 Å². The Balaban J connectivity index is 2.68. The van der Waals surface area contributed by atoms with Crippen LogP contribution in [0, 0.1) is 0 Å². The van der Waals surface area contributed by atoms with Gasteiger partial charge in [0, 0.05) is 11.1 Å². The van der Waals surface area contributed by atoms with E-state index in [1.54, 1.807) is 12.2 Å². The van der Waals surface area contributed by atoms with Gasteiger partial charge in [-0.2, -0.15) is 9.98 Å². The van der Waals surface area contributed by atoms with Crippen LogP contribution in [0.1, 0.15) is 152 Å². The first-order chi connectivity index (χ1) is 19.3. The van der Waals surface area contributed by atoms with Crippen molar-refractivity contribution in [2.45, 2.75) is 119 Å². The summed E-state index contributed by atoms with van der Waals surface area (Å²) in [4.78, 5) is 30.9. The zero-order valence-electron chi connectivity index (χ0n) is 26.7. The Hall–Kier alpha value is -3.82. The molecule has 0 aromatic heterocycles. The monoisotopic (exact) mass is 558 g/mol. The van der Waals surface area contributed by atoms with Gasteiger partial charge in [-0.15, -0.1) is 10.2 Å². The molecular weight excluding hydrogens is 512 g/mol. The molecule has 0 saturated carbocycles. The molecule has 0 atom stereocenters. The van der Waals surface area contributed by atoms with E-state index >= 15 is 0 Å². The number of isocyanates is 2. The lowest BCUT2D eigenvalue weighted by molar-refractivity contribution is 0.564. The molecule has 0 heterocycles. The van der Waals surface area contributed by atoms with Gasteiger partial charge in [-0.25, -0.2) is 9.59 Å². The molecule has 0 spiro atoms. The highest BCUT2D eigenvalue weighted by Crippen LogP contribution is 2.45. The summed E-state index contributed by atoms with van der Waals surface area (Å²) >= 11 is 0. The fourth-order valence-corrected chi connectivity index (χ4v) is 5.17. The summed E-state index contributed by atoms with van der Waals surface area (Å²) in [7, 11) is 0. The van der Waals surface area contributed by atoms with Crippen LogP contribution in [0.4, 0.5) is 22.7 Å². The fourth-order valence-electron chi connectivity index (χ4n) is 5.17. The molecule has 2 rings (SSSR count). The summed E-state index contributed by atoms with van der Waals surface area (Å²) in [5, 5.41) is 8.63. The van der Waals surface area contributed by atoms with E-state index in [9.17, 15) is 9.59 Å². The number of hydrogen-bond acceptors (Lipinski definition) is 8. The van der Waals surface area contributed by atoms with Gasteiger partial charge in [0.2, 0.25) is 12.2 Å². The van der Waals surface area contributed by atoms with Crippen molar-refractivity contribution in [2.75, 3.05) is 10.9 Å². The summed E-state index contributed by atoms with van der Waals surface area (Å²) in [5.74, 6) is 0.910. The minimum Gasteiger partial charge on any atom is -0.268 e. The molecule has 220 valence electrons. The van der Waals surface area contributed by atoms with Crippen molar-refractivity contribution in [1.82, 2.24) is 0 Å². The van der Waals surface area contributed by atoms with Gasteiger partial charge in [0.15, 0.2) is 0 Å². The van der Waals surface area contributed by atoms with Crippen LogP contribution in [0.15, 0.2) is 32.3 Å². The number of carbonyl (C=O) groups excluding carboxylic acids is 2. The van der Waals surface area contributed by atoms with Crippen LogP contribution >= 0.6 is 0 Å². The minimum absolute atomic E-state index is 0.0736. The van der Waals surface area contributed by atoms with Gasteiger partial charge < -0.3 is 0 Å². The zero-order chi connectivity index (χ0) is 31.0. The minimum atomic E-state index is 0.0736. The molecule has 41 heavy (non-hydrogen) atoms. The normalized spacial score (nSPS) is 11.2. The predicted molar refractivity (Wildman–Crippen MR) is 170 cm³/mol. The number of hydrazone groups is 2. The molecule has 2 aromatic rings. The van der Waals surface area contributed by atoms with Crippen LogP contribution in [-0.4, -0.2) is 18.2 Å². The number of aliphatic imine (C=N–C) groups is 2. The molecule has 8 nitrogen and oxygen atoms in total. The molecule has 0 aliphatic rings. The van der Waals surface area contributed by atoms with Gasteiger partial charge in [0.25, 0.3) is 0 Å². The Morgan fingerprint density at radius 2 is 0.829 bits per heavy atom. The second-order valence-electron chi connectivity index (χ2n) is 12.3. The average molecular weight is 559 g/mol. The van der Waals surface area contributed by atoms with Crippen molar-refractivity contribution < 1.29 is 9.59 Å². The van der Waals surface area contributed by atoms with Gasteiger partial charge in [-0.1, -0.05) is 95.2 Å². The molecule has 0 fully saturated rings. The SMILES string of the molecule is CC(C)c1cc(C(C)C)c(NN=C=NNc2c(C(C)C)cc(C(C)C)c(N=C=O)c2C(C)C)c(C(C)C)c1N=C=O. The maximum absolute atomic E-state index is 11.4. The molecule has 8 heteroatoms. The quantitative estimate of drug-likeness (QED) is 0.153. The Labute approximate surface area is 245 Å². The van der Waals surface area contributed by atoms with E-state index in [0.29, 0.717) is 11.4 Å². The van der Waals surface area contributed by atoms with Crippen molar-refractivity contribution in [3.05, 3.63) is 45.5 Å². The van der Waals surface area contributed by atoms with E-state index in [0.717, 1.165) is 44.8 Å². The smallest absolute Gasteiger partial charge is 0.240 e. The lowest BCUT2D eigenvalue weighted by atomic mass is 9.85. The summed E-state index contributed by atoms with van der Waals surface area (Å²) in [6.07, 6.45) is 3.48. The third-order valence-electron chi connectivity index (χ3n) is 7.19. The maximum Gasteiger partial charge on any atom is 0.240 e. The number of benzene rings is 2. The van der Waals surface area contributed by atoms with Crippen LogP contribution in [-0.2, 0) is 9.59 Å². The predicted octanol–water partition coefficient (Wildman–Crippen LogP) is 9.89. The molecule has 0 unspecified atom stereocenters. The second-order valence-corrected chi connectivity index (χ2v) is 12.3. The highest BCUT2D eigenvalue weighted by Gasteiger charge is 2.24. The van der Waals surface area contributed by atoms with Crippen LogP contribution in [0.3, 0.4) is 0 Å². The van der Waals surface area contributed by atoms with E-state index in [2.05, 4.69) is 132 Å². The highest BCUT2D eigenvalue weighted by molar-refractivity contribution is 5.76. The number of rotatable bonds is 12. The topological polar surface area (TPSA) is 108 Å². The van der Waals surface area contributed by atoms with Crippen molar-refractivity contribution >= 4 is 40.9 Å². The molecule has 2 aromatic carbocycles. The Kier molecular flexibility index (Phi) is 12.0. The van der Waals surface area contributed by atoms with Gasteiger partial charge in [0.05, 0.1) is 22.7 Å². The third kappa shape index (κ3) is 7.68. The highest BCUT2D eigenvalue weighted by atomic mass is 16.1. The van der Waals surface area contributed by atoms with E-state index in [1.807, 2.05) is 0 Å². The summed E-state index contributed by atoms with van der Waals surface area (Å²) in [6, 6.07) is 6.93. The average Bonchev–Trinajstić information content (AvgIpc) is 2.87. The molecule has 0 aliphatic heterocycles. The number of hydrogen-bond donors (Lipinski definition) is 2. The van der Waals surface area contributed by atoms with Crippen LogP contribution in [0.5, 0.6) is 0 Å². The summed E-state index contributed by atoms with van der Waals surface area (Å²) in [5.41, 5.74) is 15.1. The molecular formula is C33H46N6O2. The van der Waals surface area contributed by atoms with Crippen LogP contribution in [0.25, 0.3) is 0 Å². The number of nitrogens with zero attached hydrogens (tertiary/aromatic N) is 4. The van der Waals surface area contributed by atoms with Crippen LogP contribution in [0.2, 0.25) is 0 Å². The maximum atomic E-state index is 11.4. The molecule has 0 amide bonds. The van der Waals surface area contributed by atoms with E-state index in [-0.39, 0.29) is 35.5 Å². The van der Waals surface area contributed by atoms with Gasteiger partial charge in [-0.3, -0.25) is 10.9 Å². The Morgan fingerprint density at radius 3 is 1.07 bits per heavy atom. The van der Waals surface area contributed by atoms with E-state index in [1.165, 1.54) is 0 Å². The first-order valence-corrected chi connectivity index (χ1v) is 14.5. The number of nitrogens with one attached hydrogen (secondary N) is 2. The lowest BCUT2D eigenvalue weighted by Gasteiger charge is -2.24. The summed E-state index contributed by atoms with van der Waals surface area (Å²) in [6.45, 7) is 25.1. The first-order valence-electron chi connectivity index (χ1n) is 14.5. The molecule has 0 bridgehead atoms. The number of anilines is 2. The first kappa shape index (κ1) is 33.4. The Morgan fingerprint density at radius 1 is 0.512 bits per heavy atom. The van der Waals surface area contributed by atoms with Crippen molar-refractivity contribution in [1.29, 1.82) is 0 Å². The Bertz CT molecular complexity index is 1300. The van der Waals surface area contributed by atoms with Gasteiger partial charge >= 0.3 is 0 Å². The van der Waals surface area contributed by atoms with Crippen LogP contribution < -0.4 is 10.9 Å². The van der Waals surface area contributed by atoms with E-state index in [4.69, 9.17) is 0 Å². The largest absolute Gasteiger partial charge is 0.268 e. The van der Waals surface area contributed by atoms with Crippen molar-refractivity contribution in [3.8, 4) is 0 Å². The standard InChI is InChI=1S/C33H46N6O2/c1-18(2)24-13-26(20(5)6)32(28(22(9)10)30(24)34-16-40)38-36-15-37-39-33-27(21(7)8)14-25(19(3)4)31(35-17-41)29(33)23(11)12/h13-14,18-23,38-39H,1-12H3. The molecule has 0 aliphatic carbocycles. The lowest BCUT2D eigenvalue weighted by Crippen LogP contribution is -2.08. The van der Waals surface area contributed by atoms with Crippen molar-refractivity contribution in [2.24, 2.45) is 20.2 Å². The van der Waals surface area contributed by atoms with E-state index < -0.39 is 0 Å². The second kappa shape index (κ2) is 14.7. The van der Waals surface area contributed by atoms with Gasteiger partial charge in [0.1, 0.15) is 6.01 Å². The van der Waals surface area contributed by atoms with Gasteiger partial charge in [-0.05, 0) is 57.8 Å². The molecule has 0 radical (unpaired) electrons. The third-order valence-corrected chi connectivity index (χ3v) is 7.19. The zero-order valence-corrected chi connectivity index (χ0v) is 26.7.